The number of rotatable bonds is 8. The zero-order valence-corrected chi connectivity index (χ0v) is 13.4. The fourth-order valence-corrected chi connectivity index (χ4v) is 3.66. The molecule has 0 aromatic carbocycles. The lowest BCUT2D eigenvalue weighted by Gasteiger charge is -2.14. The van der Waals surface area contributed by atoms with Gasteiger partial charge in [-0.05, 0) is 41.7 Å². The monoisotopic (exact) mass is 324 g/mol. The van der Waals surface area contributed by atoms with Crippen molar-refractivity contribution in [3.05, 3.63) is 44.8 Å². The Morgan fingerprint density at radius 1 is 1.14 bits per heavy atom. The second-order valence-electron chi connectivity index (χ2n) is 4.70. The van der Waals surface area contributed by atoms with Gasteiger partial charge in [-0.3, -0.25) is 0 Å². The molecule has 0 aliphatic heterocycles. The molecule has 0 aliphatic rings. The number of carbonyl (C=O) groups excluding carboxylic acids is 1. The van der Waals surface area contributed by atoms with Crippen molar-refractivity contribution < 1.29 is 9.90 Å². The SMILES string of the molecule is O=C(NCCC(CCO)c1cccs1)NCc1cccs1. The quantitative estimate of drug-likeness (QED) is 0.698. The molecule has 2 aromatic rings. The molecule has 0 fully saturated rings. The molecule has 4 nitrogen and oxygen atoms in total. The number of nitrogens with one attached hydrogen (secondary N) is 2. The number of urea groups is 1. The first-order valence-corrected chi connectivity index (χ1v) is 8.74. The molecule has 21 heavy (non-hydrogen) atoms. The number of hydrogen-bond acceptors (Lipinski definition) is 4. The van der Waals surface area contributed by atoms with Crippen LogP contribution >= 0.6 is 22.7 Å². The van der Waals surface area contributed by atoms with Gasteiger partial charge in [-0.15, -0.1) is 22.7 Å². The van der Waals surface area contributed by atoms with E-state index in [1.807, 2.05) is 29.0 Å². The average Bonchev–Trinajstić information content (AvgIpc) is 3.17. The van der Waals surface area contributed by atoms with Crippen molar-refractivity contribution in [2.75, 3.05) is 13.2 Å². The Kier molecular flexibility index (Phi) is 6.72. The molecule has 0 saturated carbocycles. The van der Waals surface area contributed by atoms with Crippen LogP contribution in [-0.4, -0.2) is 24.3 Å². The van der Waals surface area contributed by atoms with Crippen molar-refractivity contribution in [2.45, 2.75) is 25.3 Å². The van der Waals surface area contributed by atoms with Gasteiger partial charge in [-0.25, -0.2) is 4.79 Å². The van der Waals surface area contributed by atoms with Crippen LogP contribution in [0.5, 0.6) is 0 Å². The lowest BCUT2D eigenvalue weighted by molar-refractivity contribution is 0.239. The molecule has 0 radical (unpaired) electrons. The summed E-state index contributed by atoms with van der Waals surface area (Å²) in [7, 11) is 0. The molecule has 0 spiro atoms. The average molecular weight is 324 g/mol. The number of hydrogen-bond donors (Lipinski definition) is 3. The van der Waals surface area contributed by atoms with Crippen molar-refractivity contribution in [2.24, 2.45) is 0 Å². The summed E-state index contributed by atoms with van der Waals surface area (Å²) < 4.78 is 0. The zero-order valence-electron chi connectivity index (χ0n) is 11.7. The van der Waals surface area contributed by atoms with Gasteiger partial charge in [0.1, 0.15) is 0 Å². The minimum absolute atomic E-state index is 0.141. The summed E-state index contributed by atoms with van der Waals surface area (Å²) in [6, 6.07) is 7.93. The first kappa shape index (κ1) is 16.0. The molecule has 0 aliphatic carbocycles. The Balaban J connectivity index is 1.68. The molecule has 2 aromatic heterocycles. The standard InChI is InChI=1S/C15H20N2O2S2/c18-8-6-12(14-4-2-10-21-14)5-7-16-15(19)17-11-13-3-1-9-20-13/h1-4,9-10,12,18H,5-8,11H2,(H2,16,17,19). The fraction of sp³-hybridized carbons (Fsp3) is 0.400. The van der Waals surface area contributed by atoms with Crippen LogP contribution in [0.3, 0.4) is 0 Å². The molecular weight excluding hydrogens is 304 g/mol. The highest BCUT2D eigenvalue weighted by Gasteiger charge is 2.12. The maximum atomic E-state index is 11.7. The smallest absolute Gasteiger partial charge is 0.315 e. The molecule has 2 amide bonds. The van der Waals surface area contributed by atoms with Crippen molar-refractivity contribution in [3.8, 4) is 0 Å². The summed E-state index contributed by atoms with van der Waals surface area (Å²) in [6.07, 6.45) is 1.58. The Labute approximate surface area is 132 Å². The van der Waals surface area contributed by atoms with Gasteiger partial charge >= 0.3 is 6.03 Å². The Morgan fingerprint density at radius 2 is 1.95 bits per heavy atom. The van der Waals surface area contributed by atoms with Crippen LogP contribution in [0.25, 0.3) is 0 Å². The topological polar surface area (TPSA) is 61.4 Å². The second kappa shape index (κ2) is 8.81. The molecule has 0 saturated heterocycles. The van der Waals surface area contributed by atoms with Crippen molar-refractivity contribution >= 4 is 28.7 Å². The first-order chi connectivity index (χ1) is 10.3. The van der Waals surface area contributed by atoms with Gasteiger partial charge in [0, 0.05) is 22.9 Å². The normalized spacial score (nSPS) is 12.0. The highest BCUT2D eigenvalue weighted by atomic mass is 32.1. The summed E-state index contributed by atoms with van der Waals surface area (Å²) in [5.74, 6) is 0.313. The van der Waals surface area contributed by atoms with Crippen LogP contribution in [0.1, 0.15) is 28.5 Å². The van der Waals surface area contributed by atoms with Gasteiger partial charge in [-0.1, -0.05) is 12.1 Å². The number of carbonyl (C=O) groups is 1. The molecule has 2 heterocycles. The van der Waals surface area contributed by atoms with Gasteiger partial charge in [-0.2, -0.15) is 0 Å². The maximum absolute atomic E-state index is 11.7. The van der Waals surface area contributed by atoms with Gasteiger partial charge < -0.3 is 15.7 Å². The van der Waals surface area contributed by atoms with E-state index in [0.29, 0.717) is 19.0 Å². The number of aliphatic hydroxyl groups is 1. The van der Waals surface area contributed by atoms with E-state index in [-0.39, 0.29) is 12.6 Å². The van der Waals surface area contributed by atoms with Gasteiger partial charge in [0.05, 0.1) is 6.54 Å². The summed E-state index contributed by atoms with van der Waals surface area (Å²) in [5.41, 5.74) is 0. The minimum Gasteiger partial charge on any atom is -0.396 e. The van der Waals surface area contributed by atoms with Crippen LogP contribution in [0, 0.1) is 0 Å². The molecule has 6 heteroatoms. The third-order valence-corrected chi connectivity index (χ3v) is 5.12. The zero-order chi connectivity index (χ0) is 14.9. The van der Waals surface area contributed by atoms with E-state index >= 15 is 0 Å². The van der Waals surface area contributed by atoms with E-state index < -0.39 is 0 Å². The largest absolute Gasteiger partial charge is 0.396 e. The van der Waals surface area contributed by atoms with Crippen molar-refractivity contribution in [1.29, 1.82) is 0 Å². The van der Waals surface area contributed by atoms with E-state index in [1.165, 1.54) is 4.88 Å². The van der Waals surface area contributed by atoms with Gasteiger partial charge in [0.25, 0.3) is 0 Å². The molecule has 3 N–H and O–H groups in total. The van der Waals surface area contributed by atoms with Crippen LogP contribution in [0.15, 0.2) is 35.0 Å². The Bertz CT molecular complexity index is 512. The Hall–Kier alpha value is -1.37. The van der Waals surface area contributed by atoms with Gasteiger partial charge in [0.15, 0.2) is 0 Å². The highest BCUT2D eigenvalue weighted by molar-refractivity contribution is 7.10. The third kappa shape index (κ3) is 5.49. The van der Waals surface area contributed by atoms with E-state index in [4.69, 9.17) is 5.11 Å². The molecule has 1 atom stereocenters. The van der Waals surface area contributed by atoms with Crippen LogP contribution in [-0.2, 0) is 6.54 Å². The fourth-order valence-electron chi connectivity index (χ4n) is 2.11. The van der Waals surface area contributed by atoms with E-state index in [1.54, 1.807) is 22.7 Å². The number of amides is 2. The molecule has 0 bridgehead atoms. The van der Waals surface area contributed by atoms with Crippen LogP contribution in [0.2, 0.25) is 0 Å². The lowest BCUT2D eigenvalue weighted by atomic mass is 10.00. The molecule has 2 rings (SSSR count). The van der Waals surface area contributed by atoms with E-state index in [2.05, 4.69) is 16.7 Å². The number of aliphatic hydroxyl groups excluding tert-OH is 1. The minimum atomic E-state index is -0.141. The first-order valence-electron chi connectivity index (χ1n) is 6.98. The molecule has 114 valence electrons. The summed E-state index contributed by atoms with van der Waals surface area (Å²) in [5, 5.41) is 18.9. The van der Waals surface area contributed by atoms with E-state index in [0.717, 1.165) is 17.7 Å². The number of thiophene rings is 2. The second-order valence-corrected chi connectivity index (χ2v) is 6.71. The van der Waals surface area contributed by atoms with Crippen molar-refractivity contribution in [1.82, 2.24) is 10.6 Å². The van der Waals surface area contributed by atoms with Crippen LogP contribution in [0.4, 0.5) is 4.79 Å². The summed E-state index contributed by atoms with van der Waals surface area (Å²) >= 11 is 3.33. The van der Waals surface area contributed by atoms with Crippen LogP contribution < -0.4 is 10.6 Å². The highest BCUT2D eigenvalue weighted by Crippen LogP contribution is 2.26. The maximum Gasteiger partial charge on any atom is 0.315 e. The Morgan fingerprint density at radius 3 is 2.62 bits per heavy atom. The van der Waals surface area contributed by atoms with E-state index in [9.17, 15) is 4.79 Å². The van der Waals surface area contributed by atoms with Gasteiger partial charge in [0.2, 0.25) is 0 Å². The predicted octanol–water partition coefficient (Wildman–Crippen LogP) is 3.17. The lowest BCUT2D eigenvalue weighted by Crippen LogP contribution is -2.35. The predicted molar refractivity (Wildman–Crippen MR) is 87.9 cm³/mol. The molecule has 1 unspecified atom stereocenters. The van der Waals surface area contributed by atoms with Crippen molar-refractivity contribution in [3.63, 3.8) is 0 Å². The third-order valence-electron chi connectivity index (χ3n) is 3.20. The summed E-state index contributed by atoms with van der Waals surface area (Å²) in [4.78, 5) is 14.1. The molecular formula is C15H20N2O2S2. The summed E-state index contributed by atoms with van der Waals surface area (Å²) in [6.45, 7) is 1.35.